The highest BCUT2D eigenvalue weighted by Crippen LogP contribution is 2.51. The first-order valence-electron chi connectivity index (χ1n) is 9.04. The van der Waals surface area contributed by atoms with Crippen molar-refractivity contribution in [3.8, 4) is 11.5 Å². The van der Waals surface area contributed by atoms with Crippen LogP contribution in [0.15, 0.2) is 46.0 Å². The lowest BCUT2D eigenvalue weighted by Gasteiger charge is -2.29. The number of amidine groups is 1. The lowest BCUT2D eigenvalue weighted by atomic mass is 9.95. The second kappa shape index (κ2) is 7.72. The first-order valence-corrected chi connectivity index (χ1v) is 10.7. The number of fused-ring (bicyclic) bond motifs is 1. The van der Waals surface area contributed by atoms with E-state index in [9.17, 15) is 0 Å². The Labute approximate surface area is 172 Å². The molecule has 7 heteroatoms. The Balaban J connectivity index is 1.86. The molecule has 0 amide bonds. The highest BCUT2D eigenvalue weighted by Gasteiger charge is 2.45. The van der Waals surface area contributed by atoms with Crippen LogP contribution < -0.4 is 9.47 Å². The molecule has 2 aliphatic heterocycles. The predicted molar refractivity (Wildman–Crippen MR) is 113 cm³/mol. The van der Waals surface area contributed by atoms with E-state index in [0.29, 0.717) is 11.9 Å². The fourth-order valence-corrected chi connectivity index (χ4v) is 5.26. The Bertz CT molecular complexity index is 862. The van der Waals surface area contributed by atoms with Crippen LogP contribution in [0.5, 0.6) is 11.5 Å². The zero-order valence-electron chi connectivity index (χ0n) is 15.6. The number of pyridine rings is 1. The minimum absolute atomic E-state index is 0.0281. The monoisotopic (exact) mass is 447 g/mol. The molecule has 27 heavy (non-hydrogen) atoms. The van der Waals surface area contributed by atoms with Crippen molar-refractivity contribution in [1.29, 1.82) is 0 Å². The molecule has 0 spiro atoms. The number of hydrogen-bond donors (Lipinski definition) is 0. The fourth-order valence-electron chi connectivity index (χ4n) is 3.71. The molecule has 0 bridgehead atoms. The standard InChI is InChI=1S/C20H22BrN3O2S/c1-4-26-19-14(9-13(21)10-16(19)25-3)18-17(15-7-5-6-8-22-15)23-20-24(18)11-12(2)27-20/h5-10,12,17-18H,4,11H2,1-3H3. The van der Waals surface area contributed by atoms with E-state index in [2.05, 4.69) is 38.8 Å². The van der Waals surface area contributed by atoms with E-state index < -0.39 is 0 Å². The molecule has 1 aromatic heterocycles. The van der Waals surface area contributed by atoms with Crippen molar-refractivity contribution in [3.63, 3.8) is 0 Å². The van der Waals surface area contributed by atoms with Gasteiger partial charge in [-0.15, -0.1) is 0 Å². The molecule has 2 aromatic rings. The van der Waals surface area contributed by atoms with Crippen molar-refractivity contribution >= 4 is 32.9 Å². The van der Waals surface area contributed by atoms with Crippen LogP contribution in [0.2, 0.25) is 0 Å². The Morgan fingerprint density at radius 1 is 1.33 bits per heavy atom. The summed E-state index contributed by atoms with van der Waals surface area (Å²) in [5.74, 6) is 1.52. The largest absolute Gasteiger partial charge is 0.493 e. The highest BCUT2D eigenvalue weighted by atomic mass is 79.9. The molecule has 2 aliphatic rings. The van der Waals surface area contributed by atoms with Crippen LogP contribution in [-0.2, 0) is 0 Å². The Hall–Kier alpha value is -1.73. The number of rotatable bonds is 5. The predicted octanol–water partition coefficient (Wildman–Crippen LogP) is 4.84. The van der Waals surface area contributed by atoms with E-state index in [4.69, 9.17) is 14.5 Å². The van der Waals surface area contributed by atoms with Gasteiger partial charge in [0.2, 0.25) is 0 Å². The van der Waals surface area contributed by atoms with Crippen molar-refractivity contribution in [2.75, 3.05) is 20.3 Å². The molecular weight excluding hydrogens is 426 g/mol. The molecule has 0 saturated carbocycles. The molecule has 4 rings (SSSR count). The fraction of sp³-hybridized carbons (Fsp3) is 0.400. The molecule has 0 N–H and O–H groups in total. The maximum Gasteiger partial charge on any atom is 0.166 e. The smallest absolute Gasteiger partial charge is 0.166 e. The normalized spacial score (nSPS) is 23.9. The van der Waals surface area contributed by atoms with Crippen LogP contribution in [0.4, 0.5) is 0 Å². The first kappa shape index (κ1) is 18.6. The summed E-state index contributed by atoms with van der Waals surface area (Å²) in [6, 6.07) is 10.0. The van der Waals surface area contributed by atoms with Gasteiger partial charge in [0.15, 0.2) is 16.7 Å². The third kappa shape index (κ3) is 3.43. The molecule has 142 valence electrons. The van der Waals surface area contributed by atoms with E-state index in [1.54, 1.807) is 7.11 Å². The van der Waals surface area contributed by atoms with E-state index in [1.807, 2.05) is 49.1 Å². The second-order valence-electron chi connectivity index (χ2n) is 6.60. The Morgan fingerprint density at radius 3 is 2.89 bits per heavy atom. The number of thioether (sulfide) groups is 1. The van der Waals surface area contributed by atoms with Gasteiger partial charge in [0.05, 0.1) is 25.5 Å². The topological polar surface area (TPSA) is 47.0 Å². The van der Waals surface area contributed by atoms with Gasteiger partial charge in [-0.25, -0.2) is 0 Å². The number of aliphatic imine (C=N–C) groups is 1. The van der Waals surface area contributed by atoms with Gasteiger partial charge in [0, 0.05) is 28.0 Å². The Kier molecular flexibility index (Phi) is 5.32. The van der Waals surface area contributed by atoms with Crippen LogP contribution >= 0.6 is 27.7 Å². The van der Waals surface area contributed by atoms with Gasteiger partial charge in [-0.1, -0.05) is 40.7 Å². The summed E-state index contributed by atoms with van der Waals surface area (Å²) in [5, 5.41) is 1.60. The number of halogens is 1. The van der Waals surface area contributed by atoms with Gasteiger partial charge in [0.1, 0.15) is 6.04 Å². The summed E-state index contributed by atoms with van der Waals surface area (Å²) < 4.78 is 12.6. The summed E-state index contributed by atoms with van der Waals surface area (Å²) in [6.45, 7) is 5.76. The summed E-state index contributed by atoms with van der Waals surface area (Å²) in [7, 11) is 1.68. The van der Waals surface area contributed by atoms with Gasteiger partial charge < -0.3 is 14.4 Å². The third-order valence-corrected chi connectivity index (χ3v) is 6.32. The zero-order chi connectivity index (χ0) is 19.0. The lowest BCUT2D eigenvalue weighted by molar-refractivity contribution is 0.278. The van der Waals surface area contributed by atoms with Crippen molar-refractivity contribution in [2.24, 2.45) is 4.99 Å². The quantitative estimate of drug-likeness (QED) is 0.655. The van der Waals surface area contributed by atoms with Crippen LogP contribution in [0.1, 0.15) is 37.2 Å². The molecule has 1 aromatic carbocycles. The van der Waals surface area contributed by atoms with Crippen LogP contribution in [0.3, 0.4) is 0 Å². The van der Waals surface area contributed by atoms with Gasteiger partial charge in [0.25, 0.3) is 0 Å². The molecule has 3 unspecified atom stereocenters. The summed E-state index contributed by atoms with van der Waals surface area (Å²) in [4.78, 5) is 12.0. The number of ether oxygens (including phenoxy) is 2. The molecule has 1 saturated heterocycles. The van der Waals surface area contributed by atoms with Gasteiger partial charge in [-0.2, -0.15) is 0 Å². The maximum absolute atomic E-state index is 6.04. The minimum Gasteiger partial charge on any atom is -0.493 e. The van der Waals surface area contributed by atoms with Crippen LogP contribution in [0.25, 0.3) is 0 Å². The minimum atomic E-state index is -0.0700. The SMILES string of the molecule is CCOc1c(OC)cc(Br)cc1C1C(c2ccccn2)N=C2SC(C)CN21. The molecule has 1 fully saturated rings. The second-order valence-corrected chi connectivity index (χ2v) is 8.92. The average Bonchev–Trinajstić information content (AvgIpc) is 3.19. The third-order valence-electron chi connectivity index (χ3n) is 4.76. The van der Waals surface area contributed by atoms with Crippen molar-refractivity contribution in [2.45, 2.75) is 31.2 Å². The zero-order valence-corrected chi connectivity index (χ0v) is 18.0. The van der Waals surface area contributed by atoms with E-state index in [-0.39, 0.29) is 12.1 Å². The van der Waals surface area contributed by atoms with Crippen molar-refractivity contribution < 1.29 is 9.47 Å². The first-order chi connectivity index (χ1) is 13.1. The molecule has 0 radical (unpaired) electrons. The van der Waals surface area contributed by atoms with Gasteiger partial charge in [-0.3, -0.25) is 9.98 Å². The Morgan fingerprint density at radius 2 is 2.19 bits per heavy atom. The molecule has 5 nitrogen and oxygen atoms in total. The molecular formula is C20H22BrN3O2S. The number of hydrogen-bond acceptors (Lipinski definition) is 6. The summed E-state index contributed by atoms with van der Waals surface area (Å²) >= 11 is 5.47. The van der Waals surface area contributed by atoms with E-state index in [1.165, 1.54) is 0 Å². The van der Waals surface area contributed by atoms with Crippen LogP contribution in [0, 0.1) is 0 Å². The summed E-state index contributed by atoms with van der Waals surface area (Å²) in [5.41, 5.74) is 2.05. The molecule has 0 aliphatic carbocycles. The van der Waals surface area contributed by atoms with Gasteiger partial charge >= 0.3 is 0 Å². The number of methoxy groups -OCH3 is 1. The van der Waals surface area contributed by atoms with Gasteiger partial charge in [-0.05, 0) is 31.2 Å². The number of benzene rings is 1. The van der Waals surface area contributed by atoms with E-state index in [0.717, 1.165) is 38.9 Å². The highest BCUT2D eigenvalue weighted by molar-refractivity contribution is 9.10. The lowest BCUT2D eigenvalue weighted by Crippen LogP contribution is -2.29. The average molecular weight is 448 g/mol. The molecule has 3 atom stereocenters. The number of aromatic nitrogens is 1. The number of nitrogens with zero attached hydrogens (tertiary/aromatic N) is 3. The molecule has 3 heterocycles. The van der Waals surface area contributed by atoms with E-state index >= 15 is 0 Å². The summed E-state index contributed by atoms with van der Waals surface area (Å²) in [6.07, 6.45) is 1.83. The van der Waals surface area contributed by atoms with Crippen LogP contribution in [-0.4, -0.2) is 40.6 Å². The van der Waals surface area contributed by atoms with Crippen molar-refractivity contribution in [3.05, 3.63) is 52.3 Å². The maximum atomic E-state index is 6.04. The van der Waals surface area contributed by atoms with Crippen molar-refractivity contribution in [1.82, 2.24) is 9.88 Å².